The number of unbranched alkanes of at least 4 members (excludes halogenated alkanes) is 1. The molecule has 0 fully saturated rings. The predicted molar refractivity (Wildman–Crippen MR) is 124 cm³/mol. The van der Waals surface area contributed by atoms with E-state index >= 15 is 0 Å². The van der Waals surface area contributed by atoms with Gasteiger partial charge in [-0.25, -0.2) is 4.79 Å². The fourth-order valence-corrected chi connectivity index (χ4v) is 3.06. The lowest BCUT2D eigenvalue weighted by atomic mass is 9.98. The molecule has 0 heterocycles. The molecule has 0 spiro atoms. The van der Waals surface area contributed by atoms with Gasteiger partial charge in [0.25, 0.3) is 0 Å². The van der Waals surface area contributed by atoms with Crippen molar-refractivity contribution >= 4 is 29.6 Å². The van der Waals surface area contributed by atoms with Gasteiger partial charge in [0.05, 0.1) is 12.1 Å². The first-order valence-electron chi connectivity index (χ1n) is 11.4. The van der Waals surface area contributed by atoms with Crippen LogP contribution < -0.4 is 33.2 Å². The molecule has 0 saturated heterocycles. The van der Waals surface area contributed by atoms with E-state index in [-0.39, 0.29) is 12.8 Å². The van der Waals surface area contributed by atoms with Crippen LogP contribution in [0.4, 0.5) is 0 Å². The first-order valence-corrected chi connectivity index (χ1v) is 11.4. The number of amides is 4. The second-order valence-corrected chi connectivity index (χ2v) is 8.39. The minimum atomic E-state index is -1.44. The fraction of sp³-hybridized carbons (Fsp3) is 0.762. The van der Waals surface area contributed by atoms with Crippen LogP contribution in [-0.4, -0.2) is 76.6 Å². The lowest BCUT2D eigenvalue weighted by Crippen LogP contribution is -2.60. The van der Waals surface area contributed by atoms with Gasteiger partial charge in [-0.1, -0.05) is 26.7 Å². The number of primary amides is 1. The molecule has 0 aliphatic carbocycles. The summed E-state index contributed by atoms with van der Waals surface area (Å²) < 4.78 is 0. The van der Waals surface area contributed by atoms with Gasteiger partial charge in [0.15, 0.2) is 0 Å². The zero-order valence-corrected chi connectivity index (χ0v) is 20.1. The molecule has 13 nitrogen and oxygen atoms in total. The van der Waals surface area contributed by atoms with Crippen molar-refractivity contribution < 1.29 is 34.2 Å². The number of carboxylic acid groups (broad SMARTS) is 1. The average Bonchev–Trinajstić information content (AvgIpc) is 2.76. The summed E-state index contributed by atoms with van der Waals surface area (Å²) in [4.78, 5) is 60.7. The minimum Gasteiger partial charge on any atom is -0.480 e. The zero-order valence-electron chi connectivity index (χ0n) is 20.1. The Morgan fingerprint density at radius 3 is 1.94 bits per heavy atom. The Morgan fingerprint density at radius 2 is 1.47 bits per heavy atom. The van der Waals surface area contributed by atoms with Crippen LogP contribution in [0, 0.1) is 5.92 Å². The van der Waals surface area contributed by atoms with E-state index in [1.807, 2.05) is 0 Å². The molecular formula is C21H40N6O7. The largest absolute Gasteiger partial charge is 0.480 e. The van der Waals surface area contributed by atoms with Gasteiger partial charge in [-0.2, -0.15) is 0 Å². The van der Waals surface area contributed by atoms with Crippen LogP contribution in [0.25, 0.3) is 0 Å². The number of carbonyl (C=O) groups is 5. The topological polar surface area (TPSA) is 240 Å². The molecule has 0 rings (SSSR count). The van der Waals surface area contributed by atoms with Crippen molar-refractivity contribution in [3.63, 3.8) is 0 Å². The van der Waals surface area contributed by atoms with Crippen LogP contribution in [0.5, 0.6) is 0 Å². The molecule has 0 aromatic rings. The van der Waals surface area contributed by atoms with Gasteiger partial charge < -0.3 is 43.4 Å². The van der Waals surface area contributed by atoms with Crippen LogP contribution in [0.2, 0.25) is 0 Å². The minimum absolute atomic E-state index is 0.209. The summed E-state index contributed by atoms with van der Waals surface area (Å²) in [7, 11) is 0. The van der Waals surface area contributed by atoms with Gasteiger partial charge in [0, 0.05) is 6.42 Å². The third kappa shape index (κ3) is 11.4. The van der Waals surface area contributed by atoms with E-state index in [2.05, 4.69) is 16.0 Å². The Bertz CT molecular complexity index is 703. The number of aliphatic hydroxyl groups excluding tert-OH is 1. The molecule has 6 atom stereocenters. The maximum absolute atomic E-state index is 12.8. The Labute approximate surface area is 199 Å². The van der Waals surface area contributed by atoms with Crippen molar-refractivity contribution in [3.8, 4) is 0 Å². The molecule has 0 saturated carbocycles. The molecule has 0 aliphatic heterocycles. The normalized spacial score (nSPS) is 16.3. The summed E-state index contributed by atoms with van der Waals surface area (Å²) in [5.74, 6) is -4.79. The summed E-state index contributed by atoms with van der Waals surface area (Å²) in [6.45, 7) is 5.12. The molecule has 6 unspecified atom stereocenters. The van der Waals surface area contributed by atoms with Gasteiger partial charge in [0.1, 0.15) is 18.1 Å². The fourth-order valence-electron chi connectivity index (χ4n) is 3.06. The average molecular weight is 489 g/mol. The molecule has 13 heteroatoms. The second kappa shape index (κ2) is 16.0. The number of nitrogens with one attached hydrogen (secondary N) is 3. The van der Waals surface area contributed by atoms with Gasteiger partial charge in [0.2, 0.25) is 23.6 Å². The summed E-state index contributed by atoms with van der Waals surface area (Å²) >= 11 is 0. The molecule has 0 aliphatic rings. The molecule has 0 bridgehead atoms. The van der Waals surface area contributed by atoms with Crippen LogP contribution in [0.1, 0.15) is 59.3 Å². The number of hydrogen-bond donors (Lipinski definition) is 8. The highest BCUT2D eigenvalue weighted by Crippen LogP contribution is 2.10. The monoisotopic (exact) mass is 488 g/mol. The number of carboxylic acids is 1. The molecule has 0 aromatic carbocycles. The van der Waals surface area contributed by atoms with E-state index in [0.717, 1.165) is 0 Å². The van der Waals surface area contributed by atoms with E-state index in [1.165, 1.54) is 6.92 Å². The predicted octanol–water partition coefficient (Wildman–Crippen LogP) is -2.33. The first kappa shape index (κ1) is 31.2. The Hall–Kier alpha value is -2.77. The van der Waals surface area contributed by atoms with E-state index in [4.69, 9.17) is 17.2 Å². The lowest BCUT2D eigenvalue weighted by molar-refractivity contribution is -0.144. The van der Waals surface area contributed by atoms with E-state index in [0.29, 0.717) is 32.2 Å². The van der Waals surface area contributed by atoms with E-state index in [1.54, 1.807) is 13.8 Å². The molecule has 0 aromatic heterocycles. The molecule has 11 N–H and O–H groups in total. The number of aliphatic carboxylic acids is 1. The van der Waals surface area contributed by atoms with Crippen molar-refractivity contribution in [2.24, 2.45) is 23.1 Å². The SMILES string of the molecule is CCC(C)C(NC(=O)C(CCC(N)=O)NC(=O)C(NC(=O)C(N)CCCCN)C(C)O)C(=O)O. The summed E-state index contributed by atoms with van der Waals surface area (Å²) in [5, 5.41) is 26.6. The lowest BCUT2D eigenvalue weighted by Gasteiger charge is -2.27. The smallest absolute Gasteiger partial charge is 0.326 e. The van der Waals surface area contributed by atoms with Crippen molar-refractivity contribution in [1.82, 2.24) is 16.0 Å². The highest BCUT2D eigenvalue weighted by atomic mass is 16.4. The maximum atomic E-state index is 12.8. The highest BCUT2D eigenvalue weighted by Gasteiger charge is 2.33. The van der Waals surface area contributed by atoms with Gasteiger partial charge in [-0.15, -0.1) is 0 Å². The highest BCUT2D eigenvalue weighted by molar-refractivity contribution is 5.94. The molecule has 0 radical (unpaired) electrons. The van der Waals surface area contributed by atoms with Gasteiger partial charge in [-0.05, 0) is 38.6 Å². The number of rotatable bonds is 17. The zero-order chi connectivity index (χ0) is 26.4. The van der Waals surface area contributed by atoms with Crippen LogP contribution in [0.3, 0.4) is 0 Å². The third-order valence-corrected chi connectivity index (χ3v) is 5.46. The second-order valence-electron chi connectivity index (χ2n) is 8.39. The van der Waals surface area contributed by atoms with Crippen molar-refractivity contribution in [3.05, 3.63) is 0 Å². The Balaban J connectivity index is 5.46. The maximum Gasteiger partial charge on any atom is 0.326 e. The quantitative estimate of drug-likeness (QED) is 0.102. The van der Waals surface area contributed by atoms with Crippen molar-refractivity contribution in [2.45, 2.75) is 89.6 Å². The van der Waals surface area contributed by atoms with Crippen LogP contribution in [0.15, 0.2) is 0 Å². The van der Waals surface area contributed by atoms with E-state index in [9.17, 15) is 34.2 Å². The van der Waals surface area contributed by atoms with Gasteiger partial charge in [-0.3, -0.25) is 19.2 Å². The summed E-state index contributed by atoms with van der Waals surface area (Å²) in [5.41, 5.74) is 16.4. The van der Waals surface area contributed by atoms with Crippen molar-refractivity contribution in [2.75, 3.05) is 6.54 Å². The third-order valence-electron chi connectivity index (χ3n) is 5.46. The Kier molecular flexibility index (Phi) is 14.7. The summed E-state index contributed by atoms with van der Waals surface area (Å²) in [6, 6.07) is -4.92. The number of hydrogen-bond acceptors (Lipinski definition) is 8. The number of nitrogens with two attached hydrogens (primary N) is 3. The molecule has 196 valence electrons. The summed E-state index contributed by atoms with van der Waals surface area (Å²) in [6.07, 6.45) is 0.256. The van der Waals surface area contributed by atoms with E-state index < -0.39 is 65.8 Å². The van der Waals surface area contributed by atoms with Crippen LogP contribution in [-0.2, 0) is 24.0 Å². The van der Waals surface area contributed by atoms with Crippen molar-refractivity contribution in [1.29, 1.82) is 0 Å². The molecule has 4 amide bonds. The molecule has 34 heavy (non-hydrogen) atoms. The van der Waals surface area contributed by atoms with Gasteiger partial charge >= 0.3 is 5.97 Å². The standard InChI is InChI=1S/C21H40N6O7/c1-4-11(2)16(21(33)34)26-19(31)14(8-9-15(24)29)25-20(32)17(12(3)28)27-18(30)13(23)7-5-6-10-22/h11-14,16-17,28H,4-10,22-23H2,1-3H3,(H2,24,29)(H,25,32)(H,26,31)(H,27,30)(H,33,34). The Morgan fingerprint density at radius 1 is 0.882 bits per heavy atom. The number of carbonyl (C=O) groups excluding carboxylic acids is 4. The van der Waals surface area contributed by atoms with Crippen LogP contribution >= 0.6 is 0 Å². The number of aliphatic hydroxyl groups is 1. The molecular weight excluding hydrogens is 448 g/mol. The first-order chi connectivity index (χ1) is 15.8.